The van der Waals surface area contributed by atoms with E-state index in [1.54, 1.807) is 0 Å². The van der Waals surface area contributed by atoms with Crippen LogP contribution >= 0.6 is 11.6 Å². The largest absolute Gasteiger partial charge is 0.481 e. The molecule has 1 heterocycles. The van der Waals surface area contributed by atoms with Crippen molar-refractivity contribution in [1.29, 1.82) is 0 Å². The highest BCUT2D eigenvalue weighted by atomic mass is 35.5. The van der Waals surface area contributed by atoms with Gasteiger partial charge in [0.2, 0.25) is 5.91 Å². The van der Waals surface area contributed by atoms with E-state index < -0.39 is 35.5 Å². The van der Waals surface area contributed by atoms with E-state index >= 15 is 0 Å². The van der Waals surface area contributed by atoms with Gasteiger partial charge < -0.3 is 5.11 Å². The molecule has 120 valence electrons. The van der Waals surface area contributed by atoms with E-state index in [2.05, 4.69) is 10.4 Å². The van der Waals surface area contributed by atoms with Crippen molar-refractivity contribution in [2.75, 3.05) is 12.1 Å². The van der Waals surface area contributed by atoms with Crippen LogP contribution in [0, 0.1) is 11.8 Å². The summed E-state index contributed by atoms with van der Waals surface area (Å²) < 4.78 is 37.5. The molecular weight excluding hydrogens is 327 g/mol. The summed E-state index contributed by atoms with van der Waals surface area (Å²) in [7, 11) is 1.34. The third-order valence-electron chi connectivity index (χ3n) is 3.19. The first-order chi connectivity index (χ1) is 10.1. The summed E-state index contributed by atoms with van der Waals surface area (Å²) in [5.41, 5.74) is 1.34. The predicted molar refractivity (Wildman–Crippen MR) is 70.0 cm³/mol. The minimum atomic E-state index is -4.57. The summed E-state index contributed by atoms with van der Waals surface area (Å²) in [5, 5.41) is 9.51. The number of carbonyl (C=O) groups excluding carboxylic acids is 1. The van der Waals surface area contributed by atoms with Crippen LogP contribution in [0.1, 0.15) is 12.0 Å². The first-order valence-electron chi connectivity index (χ1n) is 6.11. The number of hydrazine groups is 1. The van der Waals surface area contributed by atoms with Gasteiger partial charge in [0.25, 0.3) is 0 Å². The number of carbonyl (C=O) groups is 2. The third-order valence-corrected chi connectivity index (χ3v) is 3.47. The molecule has 10 heteroatoms. The third kappa shape index (κ3) is 3.41. The highest BCUT2D eigenvalue weighted by Crippen LogP contribution is 2.39. The SMILES string of the molecule is CN(NC(=O)[C@H]1C[C@H]1C(=O)O)c1ncc(C(F)(F)F)cc1Cl. The molecule has 0 saturated heterocycles. The smallest absolute Gasteiger partial charge is 0.417 e. The van der Waals surface area contributed by atoms with Crippen molar-refractivity contribution in [2.45, 2.75) is 12.6 Å². The lowest BCUT2D eigenvalue weighted by Gasteiger charge is -2.20. The van der Waals surface area contributed by atoms with Crippen molar-refractivity contribution in [3.63, 3.8) is 0 Å². The number of pyridine rings is 1. The van der Waals surface area contributed by atoms with Gasteiger partial charge in [0, 0.05) is 13.2 Å². The molecule has 6 nitrogen and oxygen atoms in total. The van der Waals surface area contributed by atoms with Crippen LogP contribution in [-0.4, -0.2) is 29.0 Å². The van der Waals surface area contributed by atoms with Crippen LogP contribution in [0.2, 0.25) is 5.02 Å². The molecule has 1 aliphatic carbocycles. The number of aliphatic carboxylic acids is 1. The van der Waals surface area contributed by atoms with E-state index in [-0.39, 0.29) is 17.3 Å². The van der Waals surface area contributed by atoms with Crippen molar-refractivity contribution in [2.24, 2.45) is 11.8 Å². The highest BCUT2D eigenvalue weighted by molar-refractivity contribution is 6.33. The number of halogens is 4. The Morgan fingerprint density at radius 3 is 2.55 bits per heavy atom. The molecule has 0 aromatic carbocycles. The second-order valence-corrected chi connectivity index (χ2v) is 5.26. The molecule has 0 spiro atoms. The quantitative estimate of drug-likeness (QED) is 0.821. The van der Waals surface area contributed by atoms with Crippen molar-refractivity contribution >= 4 is 29.3 Å². The minimum Gasteiger partial charge on any atom is -0.481 e. The van der Waals surface area contributed by atoms with E-state index in [4.69, 9.17) is 16.7 Å². The fourth-order valence-electron chi connectivity index (χ4n) is 1.89. The maximum Gasteiger partial charge on any atom is 0.417 e. The van der Waals surface area contributed by atoms with Crippen molar-refractivity contribution in [3.8, 4) is 0 Å². The number of nitrogens with one attached hydrogen (secondary N) is 1. The lowest BCUT2D eigenvalue weighted by Crippen LogP contribution is -2.41. The van der Waals surface area contributed by atoms with Crippen molar-refractivity contribution < 1.29 is 27.9 Å². The van der Waals surface area contributed by atoms with E-state index in [0.717, 1.165) is 5.01 Å². The van der Waals surface area contributed by atoms with Gasteiger partial charge >= 0.3 is 12.1 Å². The second kappa shape index (κ2) is 5.64. The number of amides is 1. The molecule has 22 heavy (non-hydrogen) atoms. The molecule has 1 aliphatic rings. The van der Waals surface area contributed by atoms with Gasteiger partial charge in [-0.15, -0.1) is 0 Å². The second-order valence-electron chi connectivity index (χ2n) is 4.85. The Hall–Kier alpha value is -2.03. The molecule has 1 aromatic heterocycles. The van der Waals surface area contributed by atoms with Crippen LogP contribution in [0.5, 0.6) is 0 Å². The normalized spacial score (nSPS) is 20.4. The molecule has 1 fully saturated rings. The number of carboxylic acids is 1. The monoisotopic (exact) mass is 337 g/mol. The number of hydrogen-bond acceptors (Lipinski definition) is 4. The minimum absolute atomic E-state index is 0.0736. The van der Waals surface area contributed by atoms with Crippen LogP contribution < -0.4 is 10.4 Å². The van der Waals surface area contributed by atoms with E-state index in [1.807, 2.05) is 0 Å². The molecule has 1 saturated carbocycles. The summed E-state index contributed by atoms with van der Waals surface area (Å²) in [6.45, 7) is 0. The molecule has 0 unspecified atom stereocenters. The van der Waals surface area contributed by atoms with Gasteiger partial charge in [-0.2, -0.15) is 13.2 Å². The molecule has 2 N–H and O–H groups in total. The molecule has 2 atom stereocenters. The van der Waals surface area contributed by atoms with Crippen molar-refractivity contribution in [1.82, 2.24) is 10.4 Å². The fourth-order valence-corrected chi connectivity index (χ4v) is 2.18. The zero-order valence-electron chi connectivity index (χ0n) is 11.2. The van der Waals surface area contributed by atoms with Crippen LogP contribution in [0.15, 0.2) is 12.3 Å². The van der Waals surface area contributed by atoms with Crippen LogP contribution in [0.25, 0.3) is 0 Å². The Bertz CT molecular complexity index is 623. The molecule has 0 bridgehead atoms. The van der Waals surface area contributed by atoms with Crippen LogP contribution in [0.4, 0.5) is 19.0 Å². The molecule has 1 aromatic rings. The number of carboxylic acid groups (broad SMARTS) is 1. The fraction of sp³-hybridized carbons (Fsp3) is 0.417. The standard InChI is InChI=1S/C12H11ClF3N3O3/c1-19(18-10(20)6-3-7(6)11(21)22)9-8(13)2-5(4-17-9)12(14,15)16/h2,4,6-7H,3H2,1H3,(H,18,20)(H,21,22)/t6-,7+/m0/s1. The van der Waals surface area contributed by atoms with Gasteiger partial charge in [0.15, 0.2) is 5.82 Å². The maximum absolute atomic E-state index is 12.5. The molecule has 2 rings (SSSR count). The summed E-state index contributed by atoms with van der Waals surface area (Å²) in [4.78, 5) is 26.0. The van der Waals surface area contributed by atoms with Crippen molar-refractivity contribution in [3.05, 3.63) is 22.8 Å². The number of alkyl halides is 3. The Kier molecular flexibility index (Phi) is 4.19. The number of anilines is 1. The first kappa shape index (κ1) is 16.3. The van der Waals surface area contributed by atoms with Gasteiger partial charge in [0.1, 0.15) is 0 Å². The zero-order chi connectivity index (χ0) is 16.7. The van der Waals surface area contributed by atoms with Crippen LogP contribution in [-0.2, 0) is 15.8 Å². The Balaban J connectivity index is 2.06. The molecule has 0 aliphatic heterocycles. The van der Waals surface area contributed by atoms with Gasteiger partial charge in [-0.1, -0.05) is 11.6 Å². The Morgan fingerprint density at radius 1 is 1.45 bits per heavy atom. The van der Waals surface area contributed by atoms with Gasteiger partial charge in [-0.25, -0.2) is 4.98 Å². The lowest BCUT2D eigenvalue weighted by molar-refractivity contribution is -0.140. The number of nitrogens with zero attached hydrogens (tertiary/aromatic N) is 2. The maximum atomic E-state index is 12.5. The van der Waals surface area contributed by atoms with E-state index in [0.29, 0.717) is 12.3 Å². The van der Waals surface area contributed by atoms with Gasteiger partial charge in [-0.3, -0.25) is 20.0 Å². The van der Waals surface area contributed by atoms with E-state index in [9.17, 15) is 22.8 Å². The molecule has 1 amide bonds. The van der Waals surface area contributed by atoms with Gasteiger partial charge in [0.05, 0.1) is 22.4 Å². The molecule has 0 radical (unpaired) electrons. The zero-order valence-corrected chi connectivity index (χ0v) is 11.9. The average molecular weight is 338 g/mol. The highest BCUT2D eigenvalue weighted by Gasteiger charge is 2.48. The van der Waals surface area contributed by atoms with Gasteiger partial charge in [-0.05, 0) is 12.5 Å². The predicted octanol–water partition coefficient (Wildman–Crippen LogP) is 1.94. The summed E-state index contributed by atoms with van der Waals surface area (Å²) >= 11 is 5.74. The number of aromatic nitrogens is 1. The number of hydrogen-bond donors (Lipinski definition) is 2. The Labute approximate surface area is 127 Å². The topological polar surface area (TPSA) is 82.5 Å². The van der Waals surface area contributed by atoms with E-state index in [1.165, 1.54) is 7.05 Å². The lowest BCUT2D eigenvalue weighted by atomic mass is 10.3. The first-order valence-corrected chi connectivity index (χ1v) is 6.49. The van der Waals surface area contributed by atoms with Crippen LogP contribution in [0.3, 0.4) is 0 Å². The Morgan fingerprint density at radius 2 is 2.09 bits per heavy atom. The summed E-state index contributed by atoms with van der Waals surface area (Å²) in [6, 6.07) is 0.698. The average Bonchev–Trinajstić information content (AvgIpc) is 3.17. The molecular formula is C12H11ClF3N3O3. The number of rotatable bonds is 4. The summed E-state index contributed by atoms with van der Waals surface area (Å²) in [6.07, 6.45) is -3.75. The summed E-state index contributed by atoms with van der Waals surface area (Å²) in [5.74, 6) is -3.07.